The molecule has 1 aliphatic rings. The minimum Gasteiger partial charge on any atom is -0.469 e. The van der Waals surface area contributed by atoms with Crippen LogP contribution in [0.5, 0.6) is 0 Å². The highest BCUT2D eigenvalue weighted by Gasteiger charge is 2.52. The summed E-state index contributed by atoms with van der Waals surface area (Å²) in [6, 6.07) is 0. The van der Waals surface area contributed by atoms with E-state index in [0.717, 1.165) is 6.42 Å². The highest BCUT2D eigenvalue weighted by molar-refractivity contribution is 6.55. The summed E-state index contributed by atoms with van der Waals surface area (Å²) < 4.78 is 4.83. The fraction of sp³-hybridized carbons (Fsp3) is 0.700. The van der Waals surface area contributed by atoms with Gasteiger partial charge >= 0.3 is 5.97 Å². The van der Waals surface area contributed by atoms with Gasteiger partial charge < -0.3 is 4.74 Å². The molecule has 1 fully saturated rings. The molecule has 0 N–H and O–H groups in total. The Labute approximate surface area is 94.2 Å². The Morgan fingerprint density at radius 3 is 2.36 bits per heavy atom. The molecule has 0 spiro atoms. The van der Waals surface area contributed by atoms with E-state index >= 15 is 0 Å². The normalized spacial score (nSPS) is 25.1. The lowest BCUT2D eigenvalue weighted by Crippen LogP contribution is -2.18. The van der Waals surface area contributed by atoms with Gasteiger partial charge in [0.2, 0.25) is 0 Å². The van der Waals surface area contributed by atoms with Crippen LogP contribution in [0.3, 0.4) is 0 Å². The van der Waals surface area contributed by atoms with Crippen LogP contribution in [0.1, 0.15) is 20.3 Å². The van der Waals surface area contributed by atoms with Crippen molar-refractivity contribution in [2.75, 3.05) is 7.11 Å². The first-order chi connectivity index (χ1) is 6.38. The van der Waals surface area contributed by atoms with Gasteiger partial charge in [0, 0.05) is 0 Å². The Morgan fingerprint density at radius 2 is 2.07 bits per heavy atom. The number of methoxy groups -OCH3 is 1. The highest BCUT2D eigenvalue weighted by Crippen LogP contribution is 2.56. The zero-order chi connectivity index (χ0) is 10.9. The Hall–Kier alpha value is -0.210. The summed E-state index contributed by atoms with van der Waals surface area (Å²) in [5.41, 5.74) is 0.193. The fourth-order valence-electron chi connectivity index (χ4n) is 1.74. The molecule has 0 aromatic heterocycles. The Bertz CT molecular complexity index is 267. The van der Waals surface area contributed by atoms with Crippen molar-refractivity contribution < 1.29 is 9.53 Å². The van der Waals surface area contributed by atoms with Gasteiger partial charge in [0.15, 0.2) is 0 Å². The van der Waals surface area contributed by atoms with Gasteiger partial charge in [-0.15, -0.1) is 0 Å². The lowest BCUT2D eigenvalue weighted by molar-refractivity contribution is -0.144. The van der Waals surface area contributed by atoms with Gasteiger partial charge in [0.1, 0.15) is 4.49 Å². The number of esters is 1. The topological polar surface area (TPSA) is 26.3 Å². The number of carbonyl (C=O) groups is 1. The number of hydrogen-bond donors (Lipinski definition) is 0. The number of rotatable bonds is 3. The predicted molar refractivity (Wildman–Crippen MR) is 57.2 cm³/mol. The zero-order valence-electron chi connectivity index (χ0n) is 8.51. The van der Waals surface area contributed by atoms with Gasteiger partial charge in [-0.3, -0.25) is 4.79 Å². The first-order valence-corrected chi connectivity index (χ1v) is 5.24. The van der Waals surface area contributed by atoms with Crippen LogP contribution in [0.25, 0.3) is 0 Å². The predicted octanol–water partition coefficient (Wildman–Crippen LogP) is 3.14. The number of hydrogen-bond acceptors (Lipinski definition) is 2. The molecule has 2 unspecified atom stereocenters. The fourth-order valence-corrected chi connectivity index (χ4v) is 2.01. The molecule has 0 aromatic rings. The summed E-state index contributed by atoms with van der Waals surface area (Å²) in [4.78, 5) is 11.4. The van der Waals surface area contributed by atoms with Crippen LogP contribution >= 0.6 is 23.2 Å². The standard InChI is InChI=1S/C10H14Cl2O2/c1-10(2)5-7(10)6(4-8(11)12)9(13)14-3/h4,6-7H,5H2,1-3H3. The van der Waals surface area contributed by atoms with Crippen molar-refractivity contribution in [3.05, 3.63) is 10.6 Å². The minimum atomic E-state index is -0.306. The molecule has 80 valence electrons. The van der Waals surface area contributed by atoms with Gasteiger partial charge in [-0.2, -0.15) is 0 Å². The number of ether oxygens (including phenoxy) is 1. The molecule has 2 atom stereocenters. The second-order valence-electron chi connectivity index (χ2n) is 4.30. The molecular weight excluding hydrogens is 223 g/mol. The molecule has 0 aromatic carbocycles. The van der Waals surface area contributed by atoms with Gasteiger partial charge in [-0.1, -0.05) is 37.0 Å². The summed E-state index contributed by atoms with van der Waals surface area (Å²) in [6.45, 7) is 4.23. The summed E-state index contributed by atoms with van der Waals surface area (Å²) in [5, 5.41) is 0. The largest absolute Gasteiger partial charge is 0.469 e. The highest BCUT2D eigenvalue weighted by atomic mass is 35.5. The van der Waals surface area contributed by atoms with Crippen LogP contribution < -0.4 is 0 Å². The van der Waals surface area contributed by atoms with Crippen LogP contribution in [0, 0.1) is 17.3 Å². The molecule has 4 heteroatoms. The van der Waals surface area contributed by atoms with E-state index in [9.17, 15) is 4.79 Å². The van der Waals surface area contributed by atoms with E-state index in [2.05, 4.69) is 13.8 Å². The number of carbonyl (C=O) groups excluding carboxylic acids is 1. The summed E-state index contributed by atoms with van der Waals surface area (Å²) in [6.07, 6.45) is 2.57. The van der Waals surface area contributed by atoms with E-state index in [-0.39, 0.29) is 21.8 Å². The number of halogens is 2. The minimum absolute atomic E-state index is 0.128. The second kappa shape index (κ2) is 4.11. The molecule has 0 radical (unpaired) electrons. The van der Waals surface area contributed by atoms with Crippen molar-refractivity contribution >= 4 is 29.2 Å². The maximum absolute atomic E-state index is 11.4. The summed E-state index contributed by atoms with van der Waals surface area (Å²) >= 11 is 11.1. The van der Waals surface area contributed by atoms with Crippen LogP contribution in [0.2, 0.25) is 0 Å². The third-order valence-corrected chi connectivity index (χ3v) is 3.05. The third-order valence-electron chi connectivity index (χ3n) is 2.80. The molecule has 0 heterocycles. The van der Waals surface area contributed by atoms with Gasteiger partial charge in [0.05, 0.1) is 13.0 Å². The zero-order valence-corrected chi connectivity index (χ0v) is 10.0. The quantitative estimate of drug-likeness (QED) is 0.705. The third kappa shape index (κ3) is 2.64. The van der Waals surface area contributed by atoms with E-state index in [1.165, 1.54) is 7.11 Å². The molecule has 14 heavy (non-hydrogen) atoms. The molecule has 1 saturated carbocycles. The molecule has 0 bridgehead atoms. The average molecular weight is 237 g/mol. The van der Waals surface area contributed by atoms with Crippen molar-refractivity contribution in [2.24, 2.45) is 17.3 Å². The first-order valence-electron chi connectivity index (χ1n) is 4.49. The van der Waals surface area contributed by atoms with E-state index < -0.39 is 0 Å². The second-order valence-corrected chi connectivity index (χ2v) is 5.31. The maximum atomic E-state index is 11.4. The summed E-state index contributed by atoms with van der Waals surface area (Å²) in [7, 11) is 1.38. The maximum Gasteiger partial charge on any atom is 0.312 e. The lowest BCUT2D eigenvalue weighted by Gasteiger charge is -2.11. The van der Waals surface area contributed by atoms with Gasteiger partial charge in [-0.25, -0.2) is 0 Å². The van der Waals surface area contributed by atoms with Crippen molar-refractivity contribution in [3.63, 3.8) is 0 Å². The van der Waals surface area contributed by atoms with Crippen LogP contribution in [-0.4, -0.2) is 13.1 Å². The molecule has 1 rings (SSSR count). The van der Waals surface area contributed by atoms with Crippen molar-refractivity contribution in [1.29, 1.82) is 0 Å². The van der Waals surface area contributed by atoms with E-state index in [4.69, 9.17) is 27.9 Å². The van der Waals surface area contributed by atoms with Crippen LogP contribution in [0.4, 0.5) is 0 Å². The lowest BCUT2D eigenvalue weighted by atomic mass is 9.97. The van der Waals surface area contributed by atoms with Crippen LogP contribution in [0.15, 0.2) is 10.6 Å². The average Bonchev–Trinajstić information content (AvgIpc) is 2.69. The smallest absolute Gasteiger partial charge is 0.312 e. The van der Waals surface area contributed by atoms with Crippen molar-refractivity contribution in [2.45, 2.75) is 20.3 Å². The van der Waals surface area contributed by atoms with Crippen LogP contribution in [-0.2, 0) is 9.53 Å². The molecule has 2 nitrogen and oxygen atoms in total. The Morgan fingerprint density at radius 1 is 1.57 bits per heavy atom. The molecule has 0 aliphatic heterocycles. The molecule has 0 amide bonds. The van der Waals surface area contributed by atoms with E-state index in [1.54, 1.807) is 6.08 Å². The van der Waals surface area contributed by atoms with Crippen molar-refractivity contribution in [1.82, 2.24) is 0 Å². The van der Waals surface area contributed by atoms with Crippen molar-refractivity contribution in [3.8, 4) is 0 Å². The van der Waals surface area contributed by atoms with Gasteiger partial charge in [-0.05, 0) is 23.8 Å². The Balaban J connectivity index is 2.75. The summed E-state index contributed by atoms with van der Waals surface area (Å²) in [5.74, 6) is -0.276. The SMILES string of the molecule is COC(=O)C(C=C(Cl)Cl)C1CC1(C)C. The Kier molecular flexibility index (Phi) is 3.49. The first kappa shape index (κ1) is 11.9. The van der Waals surface area contributed by atoms with E-state index in [0.29, 0.717) is 5.92 Å². The molecular formula is C10H14Cl2O2. The molecule has 0 saturated heterocycles. The molecule has 1 aliphatic carbocycles. The van der Waals surface area contributed by atoms with Gasteiger partial charge in [0.25, 0.3) is 0 Å². The van der Waals surface area contributed by atoms with E-state index in [1.807, 2.05) is 0 Å². The monoisotopic (exact) mass is 236 g/mol.